The highest BCUT2D eigenvalue weighted by atomic mass is 32.2. The number of hydrogen-bond acceptors (Lipinski definition) is 8. The van der Waals surface area contributed by atoms with Gasteiger partial charge in [-0.1, -0.05) is 0 Å². The van der Waals surface area contributed by atoms with Crippen molar-refractivity contribution in [1.29, 1.82) is 0 Å². The van der Waals surface area contributed by atoms with Crippen LogP contribution in [0.15, 0.2) is 0 Å². The molecule has 0 saturated heterocycles. The van der Waals surface area contributed by atoms with Gasteiger partial charge in [0.05, 0.1) is 6.61 Å². The molecule has 0 aliphatic carbocycles. The van der Waals surface area contributed by atoms with Crippen molar-refractivity contribution in [3.05, 3.63) is 0 Å². The van der Waals surface area contributed by atoms with Crippen LogP contribution in [0, 0.1) is 0 Å². The van der Waals surface area contributed by atoms with Crippen molar-refractivity contribution in [2.45, 2.75) is 24.5 Å². The fourth-order valence-corrected chi connectivity index (χ4v) is 2.35. The van der Waals surface area contributed by atoms with Crippen molar-refractivity contribution in [3.63, 3.8) is 0 Å². The van der Waals surface area contributed by atoms with Gasteiger partial charge in [0.1, 0.15) is 24.7 Å². The average molecular weight is 396 g/mol. The quantitative estimate of drug-likeness (QED) is 0.173. The van der Waals surface area contributed by atoms with Gasteiger partial charge >= 0.3 is 5.97 Å². The summed E-state index contributed by atoms with van der Waals surface area (Å²) in [5.74, 6) is -2.74. The third kappa shape index (κ3) is 9.53. The first kappa shape index (κ1) is 23.5. The van der Waals surface area contributed by atoms with Gasteiger partial charge in [-0.15, -0.1) is 0 Å². The van der Waals surface area contributed by atoms with E-state index in [0.717, 1.165) is 0 Å². The van der Waals surface area contributed by atoms with Crippen LogP contribution in [0.4, 0.5) is 0 Å². The predicted molar refractivity (Wildman–Crippen MR) is 96.4 cm³/mol. The largest absolute Gasteiger partial charge is 0.480 e. The summed E-state index contributed by atoms with van der Waals surface area (Å²) in [6.07, 6.45) is 2.10. The molecule has 0 radical (unpaired) electrons. The Morgan fingerprint density at radius 1 is 1.12 bits per heavy atom. The number of carboxylic acids is 1. The Morgan fingerprint density at radius 2 is 1.72 bits per heavy atom. The summed E-state index contributed by atoms with van der Waals surface area (Å²) in [4.78, 5) is 46.5. The van der Waals surface area contributed by atoms with E-state index in [1.54, 1.807) is 0 Å². The first-order valence-corrected chi connectivity index (χ1v) is 9.35. The highest BCUT2D eigenvalue weighted by Crippen LogP contribution is 2.02. The summed E-state index contributed by atoms with van der Waals surface area (Å²) in [5, 5.41) is 24.4. The number of thioether (sulfide) groups is 1. The van der Waals surface area contributed by atoms with Gasteiger partial charge in [0.15, 0.2) is 0 Å². The molecule has 0 rings (SSSR count). The molecule has 0 fully saturated rings. The zero-order valence-corrected chi connectivity index (χ0v) is 15.4. The summed E-state index contributed by atoms with van der Waals surface area (Å²) < 4.78 is 0. The molecule has 0 aromatic rings. The lowest BCUT2D eigenvalue weighted by molar-refractivity contribution is -0.138. The Labute approximate surface area is 155 Å². The minimum absolute atomic E-state index is 0.0539. The Kier molecular flexibility index (Phi) is 12.0. The van der Waals surface area contributed by atoms with Gasteiger partial charge in [-0.25, -0.2) is 0 Å². The van der Waals surface area contributed by atoms with Crippen LogP contribution in [0.1, 0.15) is 6.42 Å². The molecule has 0 spiro atoms. The number of amides is 3. The molecule has 3 atom stereocenters. The number of nitrogens with two attached hydrogens (primary N) is 1. The van der Waals surface area contributed by atoms with Crippen molar-refractivity contribution in [2.75, 3.05) is 30.9 Å². The van der Waals surface area contributed by atoms with E-state index in [-0.39, 0.29) is 12.2 Å². The Morgan fingerprint density at radius 3 is 2.20 bits per heavy atom. The number of carboxylic acid groups (broad SMARTS) is 1. The third-order valence-corrected chi connectivity index (χ3v) is 4.02. The maximum atomic E-state index is 12.3. The van der Waals surface area contributed by atoms with E-state index in [2.05, 4.69) is 28.6 Å². The number of nitrogens with one attached hydrogen (secondary N) is 3. The molecule has 3 amide bonds. The van der Waals surface area contributed by atoms with Crippen molar-refractivity contribution in [2.24, 2.45) is 5.73 Å². The molecule has 144 valence electrons. The number of hydrogen-bond donors (Lipinski definition) is 7. The molecular weight excluding hydrogens is 372 g/mol. The molecule has 0 aliphatic rings. The van der Waals surface area contributed by atoms with Crippen molar-refractivity contribution in [3.8, 4) is 0 Å². The van der Waals surface area contributed by atoms with Gasteiger partial charge in [-0.05, 0) is 18.4 Å². The fourth-order valence-electron chi connectivity index (χ4n) is 1.62. The second-order valence-electron chi connectivity index (χ2n) is 4.99. The van der Waals surface area contributed by atoms with E-state index in [4.69, 9.17) is 15.9 Å². The van der Waals surface area contributed by atoms with Crippen LogP contribution < -0.4 is 21.7 Å². The van der Waals surface area contributed by atoms with Gasteiger partial charge < -0.3 is 31.9 Å². The number of aliphatic hydroxyl groups excluding tert-OH is 1. The van der Waals surface area contributed by atoms with Crippen LogP contribution in [0.2, 0.25) is 0 Å². The van der Waals surface area contributed by atoms with Crippen molar-refractivity contribution in [1.82, 2.24) is 16.0 Å². The van der Waals surface area contributed by atoms with Crippen LogP contribution in [0.3, 0.4) is 0 Å². The van der Waals surface area contributed by atoms with E-state index in [9.17, 15) is 19.2 Å². The van der Waals surface area contributed by atoms with Crippen LogP contribution in [0.25, 0.3) is 0 Å². The molecular formula is C13H24N4O6S2. The maximum absolute atomic E-state index is 12.3. The van der Waals surface area contributed by atoms with Crippen LogP contribution in [0.5, 0.6) is 0 Å². The number of rotatable bonds is 12. The lowest BCUT2D eigenvalue weighted by Gasteiger charge is -2.22. The molecule has 7 N–H and O–H groups in total. The molecule has 0 aromatic heterocycles. The van der Waals surface area contributed by atoms with Crippen molar-refractivity contribution >= 4 is 48.1 Å². The van der Waals surface area contributed by atoms with Crippen LogP contribution in [-0.2, 0) is 19.2 Å². The van der Waals surface area contributed by atoms with Crippen LogP contribution in [-0.4, -0.2) is 82.9 Å². The summed E-state index contributed by atoms with van der Waals surface area (Å²) in [6, 6.07) is -3.19. The lowest BCUT2D eigenvalue weighted by Crippen LogP contribution is -2.57. The van der Waals surface area contributed by atoms with Gasteiger partial charge in [0, 0.05) is 5.75 Å². The average Bonchev–Trinajstić information content (AvgIpc) is 2.59. The number of thiol groups is 1. The molecule has 0 saturated carbocycles. The highest BCUT2D eigenvalue weighted by molar-refractivity contribution is 7.98. The number of aliphatic carboxylic acids is 1. The van der Waals surface area contributed by atoms with E-state index in [1.807, 2.05) is 6.26 Å². The minimum atomic E-state index is -1.21. The summed E-state index contributed by atoms with van der Waals surface area (Å²) in [5.41, 5.74) is 5.36. The SMILES string of the molecule is CSCCC(NC(=O)C(CS)NC(=O)C(N)CO)C(=O)NCC(=O)O. The first-order valence-electron chi connectivity index (χ1n) is 7.33. The highest BCUT2D eigenvalue weighted by Gasteiger charge is 2.27. The first-order chi connectivity index (χ1) is 11.8. The smallest absolute Gasteiger partial charge is 0.322 e. The fraction of sp³-hybridized carbons (Fsp3) is 0.692. The minimum Gasteiger partial charge on any atom is -0.480 e. The number of aliphatic hydroxyl groups is 1. The van der Waals surface area contributed by atoms with Gasteiger partial charge in [-0.3, -0.25) is 19.2 Å². The van der Waals surface area contributed by atoms with E-state index >= 15 is 0 Å². The molecule has 0 aliphatic heterocycles. The number of carbonyl (C=O) groups is 4. The zero-order valence-electron chi connectivity index (χ0n) is 13.7. The third-order valence-electron chi connectivity index (χ3n) is 3.01. The van der Waals surface area contributed by atoms with Gasteiger partial charge in [0.25, 0.3) is 0 Å². The second-order valence-corrected chi connectivity index (χ2v) is 6.34. The normalized spacial score (nSPS) is 14.1. The van der Waals surface area contributed by atoms with Crippen LogP contribution >= 0.6 is 24.4 Å². The monoisotopic (exact) mass is 396 g/mol. The lowest BCUT2D eigenvalue weighted by atomic mass is 10.1. The van der Waals surface area contributed by atoms with Gasteiger partial charge in [-0.2, -0.15) is 24.4 Å². The molecule has 0 bridgehead atoms. The predicted octanol–water partition coefficient (Wildman–Crippen LogP) is -2.84. The van der Waals surface area contributed by atoms with E-state index in [0.29, 0.717) is 5.75 Å². The zero-order chi connectivity index (χ0) is 19.4. The summed E-state index contributed by atoms with van der Waals surface area (Å²) in [7, 11) is 0. The topological polar surface area (TPSA) is 171 Å². The standard InChI is InChI=1S/C13H24N4O6S2/c1-25-3-2-8(12(22)15-4-10(19)20)16-13(23)9(6-24)17-11(21)7(14)5-18/h7-9,18,24H,2-6,14H2,1H3,(H,15,22)(H,16,23)(H,17,21)(H,19,20). The maximum Gasteiger partial charge on any atom is 0.322 e. The number of carbonyl (C=O) groups excluding carboxylic acids is 3. The molecule has 0 aromatic carbocycles. The Balaban J connectivity index is 4.87. The molecule has 10 nitrogen and oxygen atoms in total. The summed E-state index contributed by atoms with van der Waals surface area (Å²) >= 11 is 5.43. The molecule has 12 heteroatoms. The van der Waals surface area contributed by atoms with Gasteiger partial charge in [0.2, 0.25) is 17.7 Å². The Hall–Kier alpha value is -1.50. The van der Waals surface area contributed by atoms with Crippen molar-refractivity contribution < 1.29 is 29.4 Å². The molecule has 3 unspecified atom stereocenters. The molecule has 25 heavy (non-hydrogen) atoms. The second kappa shape index (κ2) is 12.8. The Bertz CT molecular complexity index is 479. The van der Waals surface area contributed by atoms with E-state index < -0.39 is 55.0 Å². The molecule has 0 heterocycles. The van der Waals surface area contributed by atoms with E-state index in [1.165, 1.54) is 11.8 Å². The summed E-state index contributed by atoms with van der Waals surface area (Å²) in [6.45, 7) is -1.15.